The molecule has 2 heterocycles. The van der Waals surface area contributed by atoms with Gasteiger partial charge in [0.25, 0.3) is 5.91 Å². The molecule has 0 bridgehead atoms. The van der Waals surface area contributed by atoms with E-state index in [9.17, 15) is 4.79 Å². The Morgan fingerprint density at radius 2 is 2.08 bits per heavy atom. The molecule has 0 saturated heterocycles. The number of aromatic nitrogens is 2. The van der Waals surface area contributed by atoms with Crippen LogP contribution in [0.3, 0.4) is 0 Å². The summed E-state index contributed by atoms with van der Waals surface area (Å²) < 4.78 is 2.12. The summed E-state index contributed by atoms with van der Waals surface area (Å²) in [6.07, 6.45) is 3.68. The van der Waals surface area contributed by atoms with Crippen LogP contribution >= 0.6 is 11.6 Å². The number of fused-ring (bicyclic) bond motifs is 1. The average Bonchev–Trinajstić information content (AvgIpc) is 2.85. The number of hydrogen-bond donors (Lipinski definition) is 1. The highest BCUT2D eigenvalue weighted by atomic mass is 35.5. The fourth-order valence-corrected chi connectivity index (χ4v) is 3.16. The number of pyridine rings is 1. The number of aryl methyl sites for hydroxylation is 2. The molecule has 124 valence electrons. The molecule has 3 rings (SSSR count). The predicted molar refractivity (Wildman–Crippen MR) is 98.8 cm³/mol. The second kappa shape index (κ2) is 7.05. The lowest BCUT2D eigenvalue weighted by atomic mass is 10.1. The summed E-state index contributed by atoms with van der Waals surface area (Å²) in [5, 5.41) is 4.41. The highest BCUT2D eigenvalue weighted by Gasteiger charge is 2.20. The van der Waals surface area contributed by atoms with Gasteiger partial charge in [0, 0.05) is 29.3 Å². The van der Waals surface area contributed by atoms with E-state index in [1.54, 1.807) is 18.3 Å². The van der Waals surface area contributed by atoms with E-state index in [0.717, 1.165) is 35.9 Å². The summed E-state index contributed by atoms with van der Waals surface area (Å²) in [4.78, 5) is 16.8. The number of halogens is 1. The SMILES string of the molecule is CCCCn1c(C(=O)Nc2ccnc(Cl)c2)c(C)c2ccccc21. The van der Waals surface area contributed by atoms with Gasteiger partial charge in [-0.2, -0.15) is 0 Å². The zero-order chi connectivity index (χ0) is 17.1. The van der Waals surface area contributed by atoms with Crippen molar-refractivity contribution in [3.63, 3.8) is 0 Å². The minimum atomic E-state index is -0.123. The predicted octanol–water partition coefficient (Wildman–Crippen LogP) is 5.05. The lowest BCUT2D eigenvalue weighted by Gasteiger charge is -2.11. The molecule has 4 nitrogen and oxygen atoms in total. The zero-order valence-electron chi connectivity index (χ0n) is 13.8. The topological polar surface area (TPSA) is 46.9 Å². The van der Waals surface area contributed by atoms with Crippen LogP contribution in [0.2, 0.25) is 5.15 Å². The first-order valence-corrected chi connectivity index (χ1v) is 8.50. The number of nitrogens with zero attached hydrogens (tertiary/aromatic N) is 2. The van der Waals surface area contributed by atoms with E-state index < -0.39 is 0 Å². The summed E-state index contributed by atoms with van der Waals surface area (Å²) >= 11 is 5.90. The summed E-state index contributed by atoms with van der Waals surface area (Å²) in [6.45, 7) is 4.97. The third-order valence-corrected chi connectivity index (χ3v) is 4.37. The first kappa shape index (κ1) is 16.5. The largest absolute Gasteiger partial charge is 0.336 e. The molecule has 1 amide bonds. The molecule has 0 fully saturated rings. The Balaban J connectivity index is 2.03. The Bertz CT molecular complexity index is 885. The van der Waals surface area contributed by atoms with Crippen LogP contribution in [-0.4, -0.2) is 15.5 Å². The molecule has 2 aromatic heterocycles. The molecular formula is C19H20ClN3O. The fraction of sp³-hybridized carbons (Fsp3) is 0.263. The molecule has 0 aliphatic rings. The molecule has 0 unspecified atom stereocenters. The number of para-hydroxylation sites is 1. The van der Waals surface area contributed by atoms with Crippen molar-refractivity contribution < 1.29 is 4.79 Å². The summed E-state index contributed by atoms with van der Waals surface area (Å²) in [5.74, 6) is -0.123. The smallest absolute Gasteiger partial charge is 0.272 e. The van der Waals surface area contributed by atoms with Crippen molar-refractivity contribution in [1.29, 1.82) is 0 Å². The maximum Gasteiger partial charge on any atom is 0.272 e. The molecule has 1 aromatic carbocycles. The average molecular weight is 342 g/mol. The van der Waals surface area contributed by atoms with E-state index in [-0.39, 0.29) is 5.91 Å². The highest BCUT2D eigenvalue weighted by Crippen LogP contribution is 2.27. The van der Waals surface area contributed by atoms with Crippen LogP contribution in [0.25, 0.3) is 10.9 Å². The minimum absolute atomic E-state index is 0.123. The Kier molecular flexibility index (Phi) is 4.86. The van der Waals surface area contributed by atoms with Crippen molar-refractivity contribution in [1.82, 2.24) is 9.55 Å². The normalized spacial score (nSPS) is 11.0. The maximum absolute atomic E-state index is 12.9. The van der Waals surface area contributed by atoms with Gasteiger partial charge in [0.05, 0.1) is 0 Å². The van der Waals surface area contributed by atoms with Gasteiger partial charge >= 0.3 is 0 Å². The van der Waals surface area contributed by atoms with Gasteiger partial charge in [0.1, 0.15) is 10.8 Å². The third kappa shape index (κ3) is 3.15. The van der Waals surface area contributed by atoms with Crippen molar-refractivity contribution in [2.45, 2.75) is 33.2 Å². The van der Waals surface area contributed by atoms with Gasteiger partial charge in [0.2, 0.25) is 0 Å². The van der Waals surface area contributed by atoms with Gasteiger partial charge in [-0.3, -0.25) is 4.79 Å². The second-order valence-corrected chi connectivity index (χ2v) is 6.20. The van der Waals surface area contributed by atoms with Crippen LogP contribution in [0.5, 0.6) is 0 Å². The first-order chi connectivity index (χ1) is 11.6. The number of carbonyl (C=O) groups is 1. The van der Waals surface area contributed by atoms with Crippen LogP contribution in [-0.2, 0) is 6.54 Å². The number of unbranched alkanes of at least 4 members (excludes halogenated alkanes) is 1. The van der Waals surface area contributed by atoms with Gasteiger partial charge in [-0.05, 0) is 37.1 Å². The quantitative estimate of drug-likeness (QED) is 0.660. The van der Waals surface area contributed by atoms with E-state index in [4.69, 9.17) is 11.6 Å². The Morgan fingerprint density at radius 1 is 1.29 bits per heavy atom. The Labute approximate surface area is 146 Å². The molecule has 0 radical (unpaired) electrons. The molecule has 0 saturated carbocycles. The summed E-state index contributed by atoms with van der Waals surface area (Å²) in [7, 11) is 0. The number of rotatable bonds is 5. The summed E-state index contributed by atoms with van der Waals surface area (Å²) in [6, 6.07) is 11.5. The Hall–Kier alpha value is -2.33. The van der Waals surface area contributed by atoms with E-state index in [1.807, 2.05) is 19.1 Å². The molecule has 0 spiro atoms. The zero-order valence-corrected chi connectivity index (χ0v) is 14.6. The fourth-order valence-electron chi connectivity index (χ4n) is 2.99. The van der Waals surface area contributed by atoms with E-state index in [2.05, 4.69) is 33.9 Å². The van der Waals surface area contributed by atoms with Crippen molar-refractivity contribution in [3.8, 4) is 0 Å². The van der Waals surface area contributed by atoms with Gasteiger partial charge in [0.15, 0.2) is 0 Å². The summed E-state index contributed by atoms with van der Waals surface area (Å²) in [5.41, 5.74) is 3.45. The number of carbonyl (C=O) groups excluding carboxylic acids is 1. The monoisotopic (exact) mass is 341 g/mol. The number of anilines is 1. The lowest BCUT2D eigenvalue weighted by molar-refractivity contribution is 0.101. The van der Waals surface area contributed by atoms with Crippen LogP contribution in [0.1, 0.15) is 35.8 Å². The van der Waals surface area contributed by atoms with Gasteiger partial charge < -0.3 is 9.88 Å². The standard InChI is InChI=1S/C19H20ClN3O/c1-3-4-11-23-16-8-6-5-7-15(16)13(2)18(23)19(24)22-14-9-10-21-17(20)12-14/h5-10,12H,3-4,11H2,1-2H3,(H,21,22,24). The van der Waals surface area contributed by atoms with Crippen LogP contribution in [0.4, 0.5) is 5.69 Å². The second-order valence-electron chi connectivity index (χ2n) is 5.82. The van der Waals surface area contributed by atoms with Gasteiger partial charge in [-0.1, -0.05) is 43.1 Å². The number of amides is 1. The maximum atomic E-state index is 12.9. The minimum Gasteiger partial charge on any atom is -0.336 e. The highest BCUT2D eigenvalue weighted by molar-refractivity contribution is 6.29. The number of nitrogens with one attached hydrogen (secondary N) is 1. The molecule has 1 N–H and O–H groups in total. The van der Waals surface area contributed by atoms with Crippen molar-refractivity contribution in [2.75, 3.05) is 5.32 Å². The van der Waals surface area contributed by atoms with Crippen molar-refractivity contribution in [3.05, 3.63) is 59.0 Å². The Morgan fingerprint density at radius 3 is 2.83 bits per heavy atom. The van der Waals surface area contributed by atoms with Crippen LogP contribution < -0.4 is 5.32 Å². The van der Waals surface area contributed by atoms with Crippen molar-refractivity contribution >= 4 is 34.1 Å². The lowest BCUT2D eigenvalue weighted by Crippen LogP contribution is -2.18. The third-order valence-electron chi connectivity index (χ3n) is 4.16. The van der Waals surface area contributed by atoms with E-state index >= 15 is 0 Å². The van der Waals surface area contributed by atoms with Gasteiger partial charge in [-0.25, -0.2) is 4.98 Å². The molecule has 24 heavy (non-hydrogen) atoms. The first-order valence-electron chi connectivity index (χ1n) is 8.12. The van der Waals surface area contributed by atoms with Crippen LogP contribution in [0, 0.1) is 6.92 Å². The van der Waals surface area contributed by atoms with E-state index in [0.29, 0.717) is 16.5 Å². The molecule has 5 heteroatoms. The van der Waals surface area contributed by atoms with Crippen LogP contribution in [0.15, 0.2) is 42.6 Å². The molecule has 3 aromatic rings. The van der Waals surface area contributed by atoms with Crippen molar-refractivity contribution in [2.24, 2.45) is 0 Å². The van der Waals surface area contributed by atoms with E-state index in [1.165, 1.54) is 0 Å². The molecule has 0 aliphatic carbocycles. The number of benzene rings is 1. The molecule has 0 aliphatic heterocycles. The van der Waals surface area contributed by atoms with Gasteiger partial charge in [-0.15, -0.1) is 0 Å². The molecular weight excluding hydrogens is 322 g/mol. The molecule has 0 atom stereocenters. The number of hydrogen-bond acceptors (Lipinski definition) is 2.